The van der Waals surface area contributed by atoms with Crippen molar-refractivity contribution in [2.45, 2.75) is 11.7 Å². The van der Waals surface area contributed by atoms with Crippen molar-refractivity contribution in [2.24, 2.45) is 5.10 Å². The van der Waals surface area contributed by atoms with Crippen molar-refractivity contribution in [3.63, 3.8) is 0 Å². The van der Waals surface area contributed by atoms with E-state index in [1.807, 2.05) is 77.5 Å². The monoisotopic (exact) mass is 576 g/mol. The highest BCUT2D eigenvalue weighted by Gasteiger charge is 2.18. The first-order valence-electron chi connectivity index (χ1n) is 13.0. The number of para-hydroxylation sites is 1. The predicted molar refractivity (Wildman–Crippen MR) is 163 cm³/mol. The van der Waals surface area contributed by atoms with Crippen LogP contribution in [0.25, 0.3) is 33.1 Å². The van der Waals surface area contributed by atoms with E-state index >= 15 is 0 Å². The minimum absolute atomic E-state index is 0.0111. The maximum atomic E-state index is 12.3. The van der Waals surface area contributed by atoms with Gasteiger partial charge in [0.25, 0.3) is 5.69 Å². The lowest BCUT2D eigenvalue weighted by atomic mass is 10.0. The van der Waals surface area contributed by atoms with Gasteiger partial charge in [0.05, 0.1) is 23.8 Å². The Morgan fingerprint density at radius 1 is 0.976 bits per heavy atom. The van der Waals surface area contributed by atoms with E-state index in [1.165, 1.54) is 31.0 Å². The Morgan fingerprint density at radius 3 is 2.50 bits per heavy atom. The van der Waals surface area contributed by atoms with Crippen LogP contribution in [-0.4, -0.2) is 49.4 Å². The number of rotatable bonds is 9. The second kappa shape index (κ2) is 11.7. The maximum Gasteiger partial charge on any atom is 0.340 e. The third-order valence-corrected chi connectivity index (χ3v) is 7.73. The summed E-state index contributed by atoms with van der Waals surface area (Å²) in [5, 5.41) is 28.3. The van der Waals surface area contributed by atoms with Gasteiger partial charge in [-0.15, -0.1) is 10.2 Å². The zero-order valence-electron chi connectivity index (χ0n) is 22.5. The number of carbonyl (C=O) groups excluding carboxylic acids is 1. The fraction of sp³-hybridized carbons (Fsp3) is 0.0968. The number of fused-ring (bicyclic) bond motifs is 2. The van der Waals surface area contributed by atoms with Crippen LogP contribution in [0.5, 0.6) is 0 Å². The van der Waals surface area contributed by atoms with Crippen LogP contribution in [0.1, 0.15) is 15.9 Å². The lowest BCUT2D eigenvalue weighted by Gasteiger charge is -2.08. The van der Waals surface area contributed by atoms with Gasteiger partial charge in [-0.2, -0.15) is 9.78 Å². The smallest absolute Gasteiger partial charge is 0.340 e. The molecule has 0 amide bonds. The largest absolute Gasteiger partial charge is 0.465 e. The number of ether oxygens (including phenoxy) is 1. The summed E-state index contributed by atoms with van der Waals surface area (Å²) in [6, 6.07) is 27.9. The van der Waals surface area contributed by atoms with Gasteiger partial charge in [0.2, 0.25) is 5.16 Å². The summed E-state index contributed by atoms with van der Waals surface area (Å²) in [5.74, 6) is 0.824. The zero-order chi connectivity index (χ0) is 29.1. The van der Waals surface area contributed by atoms with E-state index in [0.29, 0.717) is 34.4 Å². The molecule has 0 spiro atoms. The molecule has 208 valence electrons. The van der Waals surface area contributed by atoms with Crippen molar-refractivity contribution in [2.75, 3.05) is 12.9 Å². The first-order valence-corrected chi connectivity index (χ1v) is 14.0. The van der Waals surface area contributed by atoms with Crippen LogP contribution in [0.2, 0.25) is 0 Å². The number of nitrogens with zero attached hydrogens (tertiary/aromatic N) is 6. The summed E-state index contributed by atoms with van der Waals surface area (Å²) in [7, 11) is 1.38. The van der Waals surface area contributed by atoms with Gasteiger partial charge in [-0.1, -0.05) is 72.4 Å². The number of esters is 1. The molecular formula is C31H24N6O4S. The predicted octanol–water partition coefficient (Wildman–Crippen LogP) is 6.42. The molecule has 6 rings (SSSR count). The normalized spacial score (nSPS) is 11.5. The average Bonchev–Trinajstić information content (AvgIpc) is 3.61. The van der Waals surface area contributed by atoms with E-state index < -0.39 is 4.92 Å². The summed E-state index contributed by atoms with van der Waals surface area (Å²) in [6.45, 7) is 0.602. The van der Waals surface area contributed by atoms with Gasteiger partial charge in [-0.05, 0) is 34.5 Å². The SMILES string of the molecule is COC(=O)c1cn(CCSc2nnc(-c3cccc4ccccc34)n2/N=C/c2ccc([N+](=O)[O-])cc2)c2ccccc12. The molecule has 0 fully saturated rings. The van der Waals surface area contributed by atoms with E-state index in [4.69, 9.17) is 9.84 Å². The van der Waals surface area contributed by atoms with E-state index in [9.17, 15) is 14.9 Å². The molecule has 0 saturated heterocycles. The van der Waals surface area contributed by atoms with Crippen LogP contribution in [0.4, 0.5) is 5.69 Å². The molecule has 11 heteroatoms. The number of nitro groups is 1. The summed E-state index contributed by atoms with van der Waals surface area (Å²) in [5.41, 5.74) is 3.05. The lowest BCUT2D eigenvalue weighted by Crippen LogP contribution is -2.02. The van der Waals surface area contributed by atoms with Crippen LogP contribution < -0.4 is 0 Å². The molecule has 0 aliphatic carbocycles. The van der Waals surface area contributed by atoms with Gasteiger partial charge in [0.15, 0.2) is 5.82 Å². The summed E-state index contributed by atoms with van der Waals surface area (Å²) in [4.78, 5) is 23.0. The van der Waals surface area contributed by atoms with Crippen LogP contribution in [0.3, 0.4) is 0 Å². The zero-order valence-corrected chi connectivity index (χ0v) is 23.3. The molecule has 10 nitrogen and oxygen atoms in total. The topological polar surface area (TPSA) is 117 Å². The molecule has 2 aromatic heterocycles. The van der Waals surface area contributed by atoms with E-state index in [0.717, 1.165) is 27.2 Å². The van der Waals surface area contributed by atoms with Crippen molar-refractivity contribution < 1.29 is 14.5 Å². The number of non-ortho nitro benzene ring substituents is 1. The number of carbonyl (C=O) groups is 1. The van der Waals surface area contributed by atoms with E-state index in [1.54, 1.807) is 23.0 Å². The Kier molecular flexibility index (Phi) is 7.48. The van der Waals surface area contributed by atoms with Crippen LogP contribution >= 0.6 is 11.8 Å². The summed E-state index contributed by atoms with van der Waals surface area (Å²) >= 11 is 1.49. The van der Waals surface area contributed by atoms with Crippen molar-refractivity contribution in [3.05, 3.63) is 118 Å². The van der Waals surface area contributed by atoms with Gasteiger partial charge in [-0.25, -0.2) is 4.79 Å². The first-order chi connectivity index (χ1) is 20.5. The van der Waals surface area contributed by atoms with Crippen molar-refractivity contribution in [1.82, 2.24) is 19.4 Å². The number of methoxy groups -OCH3 is 1. The standard InChI is InChI=1S/C31H24N6O4S/c1-41-30(38)27-20-35(28-12-5-4-10-25(27)28)17-18-42-31-34-33-29(26-11-6-8-22-7-2-3-9-24(22)26)36(31)32-19-21-13-15-23(16-14-21)37(39)40/h2-16,19-20H,17-18H2,1H3/b32-19+. The molecule has 6 aromatic rings. The summed E-state index contributed by atoms with van der Waals surface area (Å²) in [6.07, 6.45) is 3.45. The maximum absolute atomic E-state index is 12.3. The molecule has 0 radical (unpaired) electrons. The number of aryl methyl sites for hydroxylation is 1. The van der Waals surface area contributed by atoms with Crippen LogP contribution in [0.15, 0.2) is 107 Å². The van der Waals surface area contributed by atoms with Gasteiger partial charge in [0.1, 0.15) is 0 Å². The number of thioether (sulfide) groups is 1. The van der Waals surface area contributed by atoms with Gasteiger partial charge >= 0.3 is 5.97 Å². The highest BCUT2D eigenvalue weighted by atomic mass is 32.2. The Morgan fingerprint density at radius 2 is 1.71 bits per heavy atom. The second-order valence-electron chi connectivity index (χ2n) is 9.33. The van der Waals surface area contributed by atoms with Gasteiger partial charge < -0.3 is 9.30 Å². The molecule has 0 unspecified atom stereocenters. The van der Waals surface area contributed by atoms with Gasteiger partial charge in [-0.3, -0.25) is 10.1 Å². The Bertz CT molecular complexity index is 1960. The summed E-state index contributed by atoms with van der Waals surface area (Å²) < 4.78 is 8.70. The minimum Gasteiger partial charge on any atom is -0.465 e. The number of hydrogen-bond acceptors (Lipinski definition) is 8. The molecule has 4 aromatic carbocycles. The molecule has 42 heavy (non-hydrogen) atoms. The molecule has 0 bridgehead atoms. The molecule has 0 aliphatic rings. The average molecular weight is 577 g/mol. The third kappa shape index (κ3) is 5.25. The molecule has 0 N–H and O–H groups in total. The molecular weight excluding hydrogens is 552 g/mol. The first kappa shape index (κ1) is 26.9. The van der Waals surface area contributed by atoms with Crippen LogP contribution in [0, 0.1) is 10.1 Å². The van der Waals surface area contributed by atoms with Crippen molar-refractivity contribution in [3.8, 4) is 11.4 Å². The number of hydrogen-bond donors (Lipinski definition) is 0. The van der Waals surface area contributed by atoms with Crippen LogP contribution in [-0.2, 0) is 11.3 Å². The van der Waals surface area contributed by atoms with Crippen molar-refractivity contribution in [1.29, 1.82) is 0 Å². The molecule has 0 atom stereocenters. The molecule has 2 heterocycles. The number of benzene rings is 4. The highest BCUT2D eigenvalue weighted by molar-refractivity contribution is 7.99. The number of aromatic nitrogens is 4. The fourth-order valence-corrected chi connectivity index (χ4v) is 5.62. The Balaban J connectivity index is 1.33. The second-order valence-corrected chi connectivity index (χ2v) is 10.4. The Hall–Kier alpha value is -5.29. The van der Waals surface area contributed by atoms with Gasteiger partial charge in [0, 0.05) is 47.1 Å². The molecule has 0 saturated carbocycles. The fourth-order valence-electron chi connectivity index (χ4n) is 4.79. The minimum atomic E-state index is -0.434. The highest BCUT2D eigenvalue weighted by Crippen LogP contribution is 2.31. The lowest BCUT2D eigenvalue weighted by molar-refractivity contribution is -0.384. The quantitative estimate of drug-likeness (QED) is 0.0641. The van der Waals surface area contributed by atoms with E-state index in [-0.39, 0.29) is 11.7 Å². The molecule has 0 aliphatic heterocycles. The third-order valence-electron chi connectivity index (χ3n) is 6.83. The number of nitro benzene ring substituents is 1. The van der Waals surface area contributed by atoms with E-state index in [2.05, 4.69) is 10.2 Å². The Labute approximate surface area is 244 Å². The van der Waals surface area contributed by atoms with Crippen molar-refractivity contribution >= 4 is 51.3 Å².